The monoisotopic (exact) mass is 292 g/mol. The van der Waals surface area contributed by atoms with Gasteiger partial charge in [-0.3, -0.25) is 10.3 Å². The van der Waals surface area contributed by atoms with E-state index in [0.717, 1.165) is 5.56 Å². The number of hydrogen-bond donors (Lipinski definition) is 2. The molecule has 20 heavy (non-hydrogen) atoms. The molecule has 1 aromatic heterocycles. The first-order valence-electron chi connectivity index (χ1n) is 5.64. The summed E-state index contributed by atoms with van der Waals surface area (Å²) < 4.78 is 25.8. The van der Waals surface area contributed by atoms with E-state index >= 15 is 0 Å². The summed E-state index contributed by atoms with van der Waals surface area (Å²) in [4.78, 5) is 19.2. The number of nitrogens with one attached hydrogen (secondary N) is 2. The highest BCUT2D eigenvalue weighted by molar-refractivity contribution is 7.90. The van der Waals surface area contributed by atoms with E-state index in [4.69, 9.17) is 0 Å². The predicted octanol–water partition coefficient (Wildman–Crippen LogP) is 1.30. The number of amides is 2. The smallest absolute Gasteiger partial charge is 0.290 e. The lowest BCUT2D eigenvalue weighted by Crippen LogP contribution is -2.34. The Morgan fingerprint density at radius 2 is 1.85 bits per heavy atom. The lowest BCUT2D eigenvalue weighted by Gasteiger charge is -2.08. The quantitative estimate of drug-likeness (QED) is 0.887. The Labute approximate surface area is 116 Å². The molecular weight excluding hydrogens is 280 g/mol. The molecule has 8 heteroatoms. The second-order valence-corrected chi connectivity index (χ2v) is 5.65. The molecule has 2 amide bonds. The second-order valence-electron chi connectivity index (χ2n) is 3.96. The Balaban J connectivity index is 2.08. The highest BCUT2D eigenvalue weighted by Crippen LogP contribution is 2.10. The Kier molecular flexibility index (Phi) is 3.94. The van der Waals surface area contributed by atoms with Gasteiger partial charge in [0.25, 0.3) is 10.0 Å². The van der Waals surface area contributed by atoms with Crippen LogP contribution >= 0.6 is 0 Å². The number of anilines is 1. The average Bonchev–Trinajstić information content (AvgIpc) is 2.39. The van der Waals surface area contributed by atoms with Gasteiger partial charge in [0.1, 0.15) is 0 Å². The van der Waals surface area contributed by atoms with Crippen LogP contribution in [-0.4, -0.2) is 24.4 Å². The van der Waals surface area contributed by atoms with Crippen molar-refractivity contribution in [2.24, 2.45) is 0 Å². The lowest BCUT2D eigenvalue weighted by atomic mass is 10.2. The first-order valence-corrected chi connectivity index (χ1v) is 7.12. The zero-order valence-electron chi connectivity index (χ0n) is 10.6. The maximum Gasteiger partial charge on any atom is 0.334 e. The molecule has 0 saturated heterocycles. The van der Waals surface area contributed by atoms with E-state index in [-0.39, 0.29) is 10.7 Å². The molecule has 2 aromatic rings. The number of hydrogen-bond acceptors (Lipinski definition) is 5. The van der Waals surface area contributed by atoms with Crippen LogP contribution in [0.3, 0.4) is 0 Å². The number of aryl methyl sites for hydroxylation is 1. The van der Waals surface area contributed by atoms with Gasteiger partial charge in [-0.2, -0.15) is 0 Å². The van der Waals surface area contributed by atoms with Crippen LogP contribution < -0.4 is 10.0 Å². The number of benzene rings is 1. The molecule has 0 saturated carbocycles. The summed E-state index contributed by atoms with van der Waals surface area (Å²) in [5, 5.41) is 2.28. The molecule has 0 aliphatic heterocycles. The largest absolute Gasteiger partial charge is 0.334 e. The van der Waals surface area contributed by atoms with Crippen molar-refractivity contribution in [3.63, 3.8) is 0 Å². The highest BCUT2D eigenvalue weighted by atomic mass is 32.2. The van der Waals surface area contributed by atoms with Crippen molar-refractivity contribution in [2.75, 3.05) is 5.32 Å². The van der Waals surface area contributed by atoms with Gasteiger partial charge >= 0.3 is 6.03 Å². The van der Waals surface area contributed by atoms with Gasteiger partial charge in [0.05, 0.1) is 11.1 Å². The minimum Gasteiger partial charge on any atom is -0.290 e. The number of carbonyl (C=O) groups excluding carboxylic acids is 1. The van der Waals surface area contributed by atoms with Crippen molar-refractivity contribution >= 4 is 21.9 Å². The van der Waals surface area contributed by atoms with Gasteiger partial charge in [-0.25, -0.2) is 22.9 Å². The van der Waals surface area contributed by atoms with Crippen LogP contribution in [0.25, 0.3) is 0 Å². The van der Waals surface area contributed by atoms with Crippen LogP contribution in [0.1, 0.15) is 5.56 Å². The molecule has 0 aliphatic rings. The number of carbonyl (C=O) groups is 1. The fourth-order valence-electron chi connectivity index (χ4n) is 1.40. The van der Waals surface area contributed by atoms with Gasteiger partial charge in [-0.05, 0) is 19.1 Å². The molecule has 0 bridgehead atoms. The lowest BCUT2D eigenvalue weighted by molar-refractivity contribution is 0.256. The molecule has 0 unspecified atom stereocenters. The zero-order chi connectivity index (χ0) is 14.6. The number of urea groups is 1. The normalized spacial score (nSPS) is 10.8. The molecule has 1 heterocycles. The van der Waals surface area contributed by atoms with Crippen LogP contribution in [0.4, 0.5) is 10.6 Å². The van der Waals surface area contributed by atoms with Crippen LogP contribution in [0.5, 0.6) is 0 Å². The van der Waals surface area contributed by atoms with E-state index in [9.17, 15) is 13.2 Å². The summed E-state index contributed by atoms with van der Waals surface area (Å²) in [7, 11) is -3.91. The molecule has 104 valence electrons. The molecule has 0 spiro atoms. The van der Waals surface area contributed by atoms with Crippen LogP contribution in [0.15, 0.2) is 47.8 Å². The van der Waals surface area contributed by atoms with Gasteiger partial charge in [0.2, 0.25) is 0 Å². The molecule has 7 nitrogen and oxygen atoms in total. The number of sulfonamides is 1. The Morgan fingerprint density at radius 3 is 2.45 bits per heavy atom. The molecule has 0 atom stereocenters. The average molecular weight is 292 g/mol. The van der Waals surface area contributed by atoms with E-state index in [0.29, 0.717) is 0 Å². The first kappa shape index (κ1) is 13.9. The molecule has 1 aromatic carbocycles. The summed E-state index contributed by atoms with van der Waals surface area (Å²) in [6.07, 6.45) is 4.12. The Bertz CT molecular complexity index is 699. The van der Waals surface area contributed by atoms with Gasteiger partial charge in [0.15, 0.2) is 5.82 Å². The van der Waals surface area contributed by atoms with Crippen LogP contribution in [-0.2, 0) is 10.0 Å². The molecule has 2 rings (SSSR count). The maximum absolute atomic E-state index is 11.9. The summed E-state index contributed by atoms with van der Waals surface area (Å²) >= 11 is 0. The van der Waals surface area contributed by atoms with Crippen molar-refractivity contribution in [3.8, 4) is 0 Å². The van der Waals surface area contributed by atoms with Crippen molar-refractivity contribution in [2.45, 2.75) is 11.8 Å². The number of rotatable bonds is 3. The van der Waals surface area contributed by atoms with E-state index in [1.54, 1.807) is 12.1 Å². The second kappa shape index (κ2) is 5.66. The third-order valence-electron chi connectivity index (χ3n) is 2.36. The minimum atomic E-state index is -3.91. The van der Waals surface area contributed by atoms with Gasteiger partial charge < -0.3 is 0 Å². The van der Waals surface area contributed by atoms with Crippen LogP contribution in [0.2, 0.25) is 0 Å². The topological polar surface area (TPSA) is 101 Å². The van der Waals surface area contributed by atoms with E-state index in [1.165, 1.54) is 30.7 Å². The molecular formula is C12H12N4O3S. The summed E-state index contributed by atoms with van der Waals surface area (Å²) in [6.45, 7) is 1.84. The fraction of sp³-hybridized carbons (Fsp3) is 0.0833. The first-order chi connectivity index (χ1) is 9.47. The van der Waals surface area contributed by atoms with Gasteiger partial charge in [-0.15, -0.1) is 0 Å². The van der Waals surface area contributed by atoms with Crippen molar-refractivity contribution in [3.05, 3.63) is 48.4 Å². The standard InChI is InChI=1S/C12H12N4O3S/c1-9-2-4-10(5-3-9)20(18,19)16-12(17)15-11-8-13-6-7-14-11/h2-8H,1H3,(H2,14,15,16,17). The summed E-state index contributed by atoms with van der Waals surface area (Å²) in [5.74, 6) is 0.157. The summed E-state index contributed by atoms with van der Waals surface area (Å²) in [6, 6.07) is 5.25. The molecule has 2 N–H and O–H groups in total. The fourth-order valence-corrected chi connectivity index (χ4v) is 2.31. The minimum absolute atomic E-state index is 0.0115. The molecule has 0 fully saturated rings. The third-order valence-corrected chi connectivity index (χ3v) is 3.71. The Hall–Kier alpha value is -2.48. The summed E-state index contributed by atoms with van der Waals surface area (Å²) in [5.41, 5.74) is 0.924. The number of aromatic nitrogens is 2. The molecule has 0 radical (unpaired) electrons. The van der Waals surface area contributed by atoms with Crippen molar-refractivity contribution < 1.29 is 13.2 Å². The third kappa shape index (κ3) is 3.51. The maximum atomic E-state index is 11.9. The highest BCUT2D eigenvalue weighted by Gasteiger charge is 2.17. The van der Waals surface area contributed by atoms with Gasteiger partial charge in [-0.1, -0.05) is 17.7 Å². The zero-order valence-corrected chi connectivity index (χ0v) is 11.4. The number of nitrogens with zero attached hydrogens (tertiary/aromatic N) is 2. The van der Waals surface area contributed by atoms with E-state index < -0.39 is 16.1 Å². The van der Waals surface area contributed by atoms with E-state index in [2.05, 4.69) is 15.3 Å². The van der Waals surface area contributed by atoms with Crippen molar-refractivity contribution in [1.82, 2.24) is 14.7 Å². The molecule has 0 aliphatic carbocycles. The van der Waals surface area contributed by atoms with Crippen molar-refractivity contribution in [1.29, 1.82) is 0 Å². The SMILES string of the molecule is Cc1ccc(S(=O)(=O)NC(=O)Nc2cnccn2)cc1. The van der Waals surface area contributed by atoms with E-state index in [1.807, 2.05) is 11.6 Å². The predicted molar refractivity (Wildman–Crippen MR) is 72.6 cm³/mol. The van der Waals surface area contributed by atoms with Crippen LogP contribution in [0, 0.1) is 6.92 Å². The van der Waals surface area contributed by atoms with Gasteiger partial charge in [0, 0.05) is 12.4 Å². The Morgan fingerprint density at radius 1 is 1.15 bits per heavy atom.